The first kappa shape index (κ1) is 20.2. The van der Waals surface area contributed by atoms with Crippen LogP contribution in [0.1, 0.15) is 5.69 Å². The van der Waals surface area contributed by atoms with E-state index in [2.05, 4.69) is 10.3 Å². The minimum Gasteiger partial charge on any atom is -0.497 e. The van der Waals surface area contributed by atoms with Crippen LogP contribution in [0.5, 0.6) is 5.75 Å². The Balaban J connectivity index is 2.20. The average molecular weight is 390 g/mol. The van der Waals surface area contributed by atoms with Crippen LogP contribution < -0.4 is 10.1 Å². The van der Waals surface area contributed by atoms with E-state index in [-0.39, 0.29) is 5.75 Å². The lowest BCUT2D eigenvalue weighted by Crippen LogP contribution is -2.41. The number of carbonyl (C=O) groups excluding carboxylic acids is 1. The highest BCUT2D eigenvalue weighted by Gasteiger charge is 2.20. The highest BCUT2D eigenvalue weighted by molar-refractivity contribution is 7.99. The molecule has 2 rings (SSSR count). The van der Waals surface area contributed by atoms with Crippen LogP contribution in [-0.4, -0.2) is 51.9 Å². The van der Waals surface area contributed by atoms with E-state index in [1.165, 1.54) is 11.8 Å². The van der Waals surface area contributed by atoms with Gasteiger partial charge in [0.25, 0.3) is 0 Å². The highest BCUT2D eigenvalue weighted by Crippen LogP contribution is 2.31. The van der Waals surface area contributed by atoms with Crippen molar-refractivity contribution < 1.29 is 29.3 Å². The SMILES string of the molecule is COc1ccc2nc(C)cc(SCC(NC(=O)C=CC(=O)O)C(=O)O)c2c1. The molecule has 1 amide bonds. The van der Waals surface area contributed by atoms with Gasteiger partial charge in [-0.1, -0.05) is 0 Å². The molecular formula is C18H18N2O6S. The van der Waals surface area contributed by atoms with Crippen molar-refractivity contribution in [1.82, 2.24) is 10.3 Å². The Labute approximate surface area is 159 Å². The molecule has 0 aliphatic heterocycles. The number of ether oxygens (including phenoxy) is 1. The molecule has 0 spiro atoms. The molecule has 1 unspecified atom stereocenters. The van der Waals surface area contributed by atoms with Crippen molar-refractivity contribution in [2.24, 2.45) is 0 Å². The van der Waals surface area contributed by atoms with Gasteiger partial charge in [-0.15, -0.1) is 11.8 Å². The first-order chi connectivity index (χ1) is 12.8. The van der Waals surface area contributed by atoms with Crippen molar-refractivity contribution in [3.63, 3.8) is 0 Å². The summed E-state index contributed by atoms with van der Waals surface area (Å²) in [4.78, 5) is 38.8. The maximum atomic E-state index is 11.7. The fourth-order valence-corrected chi connectivity index (χ4v) is 3.41. The molecule has 0 radical (unpaired) electrons. The van der Waals surface area contributed by atoms with Gasteiger partial charge in [-0.2, -0.15) is 0 Å². The number of nitrogens with zero attached hydrogens (tertiary/aromatic N) is 1. The van der Waals surface area contributed by atoms with Crippen molar-refractivity contribution in [2.75, 3.05) is 12.9 Å². The summed E-state index contributed by atoms with van der Waals surface area (Å²) in [7, 11) is 1.55. The van der Waals surface area contributed by atoms with Crippen molar-refractivity contribution in [3.05, 3.63) is 42.1 Å². The Bertz CT molecular complexity index is 912. The minimum atomic E-state index is -1.29. The average Bonchev–Trinajstić information content (AvgIpc) is 2.62. The smallest absolute Gasteiger partial charge is 0.328 e. The third-order valence-corrected chi connectivity index (χ3v) is 4.65. The van der Waals surface area contributed by atoms with Gasteiger partial charge in [0.1, 0.15) is 11.8 Å². The second kappa shape index (κ2) is 9.04. The monoisotopic (exact) mass is 390 g/mol. The van der Waals surface area contributed by atoms with Crippen LogP contribution in [0, 0.1) is 6.92 Å². The van der Waals surface area contributed by atoms with Gasteiger partial charge >= 0.3 is 11.9 Å². The zero-order valence-corrected chi connectivity index (χ0v) is 15.4. The molecule has 2 aromatic rings. The summed E-state index contributed by atoms with van der Waals surface area (Å²) in [6.45, 7) is 1.83. The number of aryl methyl sites for hydroxylation is 1. The number of fused-ring (bicyclic) bond motifs is 1. The van der Waals surface area contributed by atoms with E-state index in [0.29, 0.717) is 11.8 Å². The topological polar surface area (TPSA) is 126 Å². The summed E-state index contributed by atoms with van der Waals surface area (Å²) in [5.41, 5.74) is 1.52. The molecule has 0 bridgehead atoms. The summed E-state index contributed by atoms with van der Waals surface area (Å²) in [6, 6.07) is 6.07. The van der Waals surface area contributed by atoms with Gasteiger partial charge < -0.3 is 20.3 Å². The molecule has 8 nitrogen and oxygen atoms in total. The standard InChI is InChI=1S/C18H18N2O6S/c1-10-7-15(12-8-11(26-2)3-4-13(12)19-10)27-9-14(18(24)25)20-16(21)5-6-17(22)23/h3-8,14H,9H2,1-2H3,(H,20,21)(H,22,23)(H,24,25). The maximum absolute atomic E-state index is 11.7. The largest absolute Gasteiger partial charge is 0.497 e. The molecule has 1 heterocycles. The predicted molar refractivity (Wildman–Crippen MR) is 100 cm³/mol. The molecule has 0 aliphatic carbocycles. The fourth-order valence-electron chi connectivity index (χ4n) is 2.26. The van der Waals surface area contributed by atoms with Crippen molar-refractivity contribution in [1.29, 1.82) is 0 Å². The van der Waals surface area contributed by atoms with E-state index in [1.807, 2.05) is 25.1 Å². The molecule has 0 saturated carbocycles. The normalized spacial score (nSPS) is 12.1. The molecule has 1 atom stereocenters. The van der Waals surface area contributed by atoms with E-state index < -0.39 is 23.9 Å². The number of aliphatic carboxylic acids is 2. The minimum absolute atomic E-state index is 0.0533. The van der Waals surface area contributed by atoms with Gasteiger partial charge in [0.15, 0.2) is 0 Å². The maximum Gasteiger partial charge on any atom is 0.328 e. The molecule has 0 saturated heterocycles. The van der Waals surface area contributed by atoms with E-state index >= 15 is 0 Å². The van der Waals surface area contributed by atoms with Crippen molar-refractivity contribution in [2.45, 2.75) is 17.9 Å². The summed E-state index contributed by atoms with van der Waals surface area (Å²) < 4.78 is 5.23. The first-order valence-corrected chi connectivity index (χ1v) is 8.81. The lowest BCUT2D eigenvalue weighted by Gasteiger charge is -2.14. The molecular weight excluding hydrogens is 372 g/mol. The first-order valence-electron chi connectivity index (χ1n) is 7.82. The van der Waals surface area contributed by atoms with Gasteiger partial charge in [0.05, 0.1) is 12.6 Å². The van der Waals surface area contributed by atoms with E-state index in [4.69, 9.17) is 9.84 Å². The van der Waals surface area contributed by atoms with Gasteiger partial charge in [-0.25, -0.2) is 9.59 Å². The van der Waals surface area contributed by atoms with Gasteiger partial charge in [0, 0.05) is 33.9 Å². The van der Waals surface area contributed by atoms with E-state index in [9.17, 15) is 19.5 Å². The molecule has 1 aromatic heterocycles. The van der Waals surface area contributed by atoms with E-state index in [1.54, 1.807) is 13.2 Å². The number of thioether (sulfide) groups is 1. The van der Waals surface area contributed by atoms with Crippen LogP contribution in [-0.2, 0) is 14.4 Å². The summed E-state index contributed by atoms with van der Waals surface area (Å²) in [5.74, 6) is -2.59. The zero-order chi connectivity index (χ0) is 20.0. The Kier molecular flexibility index (Phi) is 6.78. The van der Waals surface area contributed by atoms with Crippen LogP contribution in [0.25, 0.3) is 10.9 Å². The van der Waals surface area contributed by atoms with Crippen LogP contribution in [0.3, 0.4) is 0 Å². The highest BCUT2D eigenvalue weighted by atomic mass is 32.2. The number of pyridine rings is 1. The lowest BCUT2D eigenvalue weighted by molar-refractivity contribution is -0.140. The Morgan fingerprint density at radius 3 is 2.63 bits per heavy atom. The Morgan fingerprint density at radius 1 is 1.26 bits per heavy atom. The number of methoxy groups -OCH3 is 1. The fraction of sp³-hybridized carbons (Fsp3) is 0.222. The van der Waals surface area contributed by atoms with Crippen molar-refractivity contribution >= 4 is 40.5 Å². The number of aromatic nitrogens is 1. The number of rotatable bonds is 8. The summed E-state index contributed by atoms with van der Waals surface area (Å²) in [6.07, 6.45) is 1.42. The van der Waals surface area contributed by atoms with E-state index in [0.717, 1.165) is 27.6 Å². The quantitative estimate of drug-likeness (QED) is 0.461. The van der Waals surface area contributed by atoms with Crippen LogP contribution in [0.2, 0.25) is 0 Å². The number of carboxylic acid groups (broad SMARTS) is 2. The molecule has 1 aromatic carbocycles. The van der Waals surface area contributed by atoms with Crippen LogP contribution in [0.4, 0.5) is 0 Å². The molecule has 0 aliphatic rings. The second-order valence-corrected chi connectivity index (χ2v) is 6.59. The van der Waals surface area contributed by atoms with Crippen LogP contribution in [0.15, 0.2) is 41.3 Å². The summed E-state index contributed by atoms with van der Waals surface area (Å²) >= 11 is 1.25. The van der Waals surface area contributed by atoms with Gasteiger partial charge in [0.2, 0.25) is 5.91 Å². The number of hydrogen-bond donors (Lipinski definition) is 3. The Morgan fingerprint density at radius 2 is 2.00 bits per heavy atom. The molecule has 27 heavy (non-hydrogen) atoms. The Hall–Kier alpha value is -3.07. The van der Waals surface area contributed by atoms with Crippen LogP contribution >= 0.6 is 11.8 Å². The number of benzene rings is 1. The third-order valence-electron chi connectivity index (χ3n) is 3.50. The molecule has 142 valence electrons. The predicted octanol–water partition coefficient (Wildman–Crippen LogP) is 1.85. The molecule has 0 fully saturated rings. The van der Waals surface area contributed by atoms with Gasteiger partial charge in [-0.3, -0.25) is 9.78 Å². The lowest BCUT2D eigenvalue weighted by atomic mass is 10.2. The number of amides is 1. The third kappa shape index (κ3) is 5.71. The van der Waals surface area contributed by atoms with Crippen molar-refractivity contribution in [3.8, 4) is 5.75 Å². The number of carboxylic acids is 2. The summed E-state index contributed by atoms with van der Waals surface area (Å²) in [5, 5.41) is 20.9. The number of nitrogens with one attached hydrogen (secondary N) is 1. The number of hydrogen-bond acceptors (Lipinski definition) is 6. The second-order valence-electron chi connectivity index (χ2n) is 5.53. The van der Waals surface area contributed by atoms with Gasteiger partial charge in [-0.05, 0) is 31.2 Å². The molecule has 9 heteroatoms. The molecule has 3 N–H and O–H groups in total. The number of carbonyl (C=O) groups is 3. The zero-order valence-electron chi connectivity index (χ0n) is 14.6.